The zero-order valence-electron chi connectivity index (χ0n) is 21.1. The van der Waals surface area contributed by atoms with Crippen LogP contribution in [0.15, 0.2) is 42.5 Å². The number of hydrogen-bond acceptors (Lipinski definition) is 5. The van der Waals surface area contributed by atoms with Crippen LogP contribution in [0, 0.1) is 5.92 Å². The number of nitrogens with two attached hydrogens (primary N) is 1. The van der Waals surface area contributed by atoms with Crippen LogP contribution in [0.25, 0.3) is 0 Å². The number of urea groups is 1. The lowest BCUT2D eigenvalue weighted by Gasteiger charge is -2.38. The van der Waals surface area contributed by atoms with Crippen molar-refractivity contribution in [3.63, 3.8) is 0 Å². The van der Waals surface area contributed by atoms with Gasteiger partial charge in [-0.1, -0.05) is 29.8 Å². The lowest BCUT2D eigenvalue weighted by molar-refractivity contribution is 0.0892. The molecule has 0 bridgehead atoms. The number of carbonyl (C=O) groups excluding carboxylic acids is 2. The first-order chi connectivity index (χ1) is 17.4. The number of rotatable bonds is 6. The Morgan fingerprint density at radius 2 is 1.75 bits per heavy atom. The fourth-order valence-corrected chi connectivity index (χ4v) is 5.25. The molecule has 9 heteroatoms. The van der Waals surface area contributed by atoms with E-state index in [1.165, 1.54) is 7.11 Å². The number of nitrogens with one attached hydrogen (secondary N) is 1. The summed E-state index contributed by atoms with van der Waals surface area (Å²) in [7, 11) is 3.35. The third-order valence-corrected chi connectivity index (χ3v) is 7.65. The van der Waals surface area contributed by atoms with E-state index in [2.05, 4.69) is 10.2 Å². The first-order valence-corrected chi connectivity index (χ1v) is 13.0. The Kier molecular flexibility index (Phi) is 8.59. The van der Waals surface area contributed by atoms with Crippen molar-refractivity contribution in [2.24, 2.45) is 5.92 Å². The molecule has 36 heavy (non-hydrogen) atoms. The van der Waals surface area contributed by atoms with Gasteiger partial charge in [0.25, 0.3) is 5.91 Å². The van der Waals surface area contributed by atoms with Gasteiger partial charge >= 0.3 is 6.03 Å². The fraction of sp³-hybridized carbons (Fsp3) is 0.481. The van der Waals surface area contributed by atoms with Crippen molar-refractivity contribution >= 4 is 34.9 Å². The van der Waals surface area contributed by atoms with Gasteiger partial charge in [-0.15, -0.1) is 0 Å². The molecule has 0 spiro atoms. The molecule has 2 saturated heterocycles. The minimum Gasteiger partial charge on any atom is -0.496 e. The number of nitrogens with zero attached hydrogens (tertiary/aromatic N) is 3. The van der Waals surface area contributed by atoms with Crippen molar-refractivity contribution in [2.75, 3.05) is 57.5 Å². The van der Waals surface area contributed by atoms with Crippen molar-refractivity contribution < 1.29 is 14.3 Å². The number of hydrogen-bond donors (Lipinski definition) is 2. The van der Waals surface area contributed by atoms with Gasteiger partial charge in [-0.3, -0.25) is 9.69 Å². The van der Waals surface area contributed by atoms with Crippen LogP contribution in [0.5, 0.6) is 5.75 Å². The summed E-state index contributed by atoms with van der Waals surface area (Å²) in [5.41, 5.74) is 7.53. The smallest absolute Gasteiger partial charge is 0.324 e. The second-order valence-corrected chi connectivity index (χ2v) is 10.1. The number of amides is 3. The number of nitrogen functional groups attached to an aromatic ring is 1. The molecule has 0 saturated carbocycles. The minimum atomic E-state index is -0.190. The van der Waals surface area contributed by atoms with Crippen LogP contribution >= 0.6 is 11.6 Å². The van der Waals surface area contributed by atoms with Crippen molar-refractivity contribution in [1.82, 2.24) is 15.1 Å². The lowest BCUT2D eigenvalue weighted by atomic mass is 9.94. The van der Waals surface area contributed by atoms with Crippen LogP contribution < -0.4 is 20.7 Å². The Hall–Kier alpha value is -2.97. The molecule has 0 aromatic heterocycles. The minimum absolute atomic E-state index is 0.0650. The monoisotopic (exact) mass is 513 g/mol. The molecule has 2 aliphatic rings. The molecule has 0 radical (unpaired) electrons. The van der Waals surface area contributed by atoms with Gasteiger partial charge in [-0.05, 0) is 49.8 Å². The van der Waals surface area contributed by atoms with E-state index in [1.54, 1.807) is 17.0 Å². The third-order valence-electron chi connectivity index (χ3n) is 7.32. The predicted molar refractivity (Wildman–Crippen MR) is 144 cm³/mol. The van der Waals surface area contributed by atoms with Crippen LogP contribution in [-0.4, -0.2) is 74.7 Å². The second kappa shape index (κ2) is 11.8. The van der Waals surface area contributed by atoms with Gasteiger partial charge < -0.3 is 25.6 Å². The van der Waals surface area contributed by atoms with Gasteiger partial charge in [0.1, 0.15) is 5.75 Å². The lowest BCUT2D eigenvalue weighted by Crippen LogP contribution is -2.48. The quantitative estimate of drug-likeness (QED) is 0.568. The van der Waals surface area contributed by atoms with E-state index < -0.39 is 0 Å². The summed E-state index contributed by atoms with van der Waals surface area (Å²) in [6.45, 7) is 4.51. The number of methoxy groups -OCH3 is 1. The molecular weight excluding hydrogens is 478 g/mol. The van der Waals surface area contributed by atoms with E-state index in [0.29, 0.717) is 27.9 Å². The highest BCUT2D eigenvalue weighted by molar-refractivity contribution is 6.33. The molecule has 3 amide bonds. The van der Waals surface area contributed by atoms with Gasteiger partial charge in [0.05, 0.1) is 23.4 Å². The van der Waals surface area contributed by atoms with Crippen molar-refractivity contribution in [1.29, 1.82) is 0 Å². The zero-order chi connectivity index (χ0) is 25.7. The Balaban J connectivity index is 1.20. The molecule has 2 aromatic carbocycles. The standard InChI is InChI=1S/C27H36ClN5O3/c1-31(21-6-4-3-5-7-21)27(35)33-14-8-19(9-15-33)18-32-12-10-20(11-13-32)30-26(34)22-16-23(28)24(29)17-25(22)36-2/h3-7,16-17,19-20H,8-15,18,29H2,1-2H3,(H,30,34). The van der Waals surface area contributed by atoms with Crippen LogP contribution in [-0.2, 0) is 0 Å². The topological polar surface area (TPSA) is 91.1 Å². The number of piperidine rings is 2. The summed E-state index contributed by atoms with van der Waals surface area (Å²) >= 11 is 6.12. The number of benzene rings is 2. The van der Waals surface area contributed by atoms with Gasteiger partial charge in [0, 0.05) is 57.6 Å². The average Bonchev–Trinajstić information content (AvgIpc) is 2.91. The molecule has 0 atom stereocenters. The number of anilines is 2. The van der Waals surface area contributed by atoms with E-state index in [-0.39, 0.29) is 18.0 Å². The Bertz CT molecular complexity index is 1050. The van der Waals surface area contributed by atoms with Gasteiger partial charge in [0.15, 0.2) is 0 Å². The molecule has 2 aromatic rings. The maximum absolute atomic E-state index is 12.9. The normalized spacial score (nSPS) is 17.6. The van der Waals surface area contributed by atoms with Crippen LogP contribution in [0.4, 0.5) is 16.2 Å². The van der Waals surface area contributed by atoms with Crippen molar-refractivity contribution in [3.8, 4) is 5.75 Å². The maximum atomic E-state index is 12.9. The summed E-state index contributed by atoms with van der Waals surface area (Å²) in [4.78, 5) is 31.9. The Morgan fingerprint density at radius 1 is 1.08 bits per heavy atom. The summed E-state index contributed by atoms with van der Waals surface area (Å²) in [5, 5.41) is 3.47. The highest BCUT2D eigenvalue weighted by Crippen LogP contribution is 2.29. The summed E-state index contributed by atoms with van der Waals surface area (Å²) in [6, 6.07) is 13.1. The average molecular weight is 514 g/mol. The Labute approximate surface area is 218 Å². The number of carbonyl (C=O) groups is 2. The van der Waals surface area contributed by atoms with Crippen molar-refractivity contribution in [3.05, 3.63) is 53.1 Å². The maximum Gasteiger partial charge on any atom is 0.324 e. The predicted octanol–water partition coefficient (Wildman–Crippen LogP) is 4.09. The molecule has 2 fully saturated rings. The SMILES string of the molecule is COc1cc(N)c(Cl)cc1C(=O)NC1CCN(CC2CCN(C(=O)N(C)c3ccccc3)CC2)CC1. The van der Waals surface area contributed by atoms with E-state index >= 15 is 0 Å². The van der Waals surface area contributed by atoms with Gasteiger partial charge in [0.2, 0.25) is 0 Å². The molecule has 0 unspecified atom stereocenters. The van der Waals surface area contributed by atoms with Gasteiger partial charge in [-0.2, -0.15) is 0 Å². The third kappa shape index (κ3) is 6.23. The number of likely N-dealkylation sites (tertiary alicyclic amines) is 2. The first kappa shape index (κ1) is 26.1. The highest BCUT2D eigenvalue weighted by atomic mass is 35.5. The number of halogens is 1. The largest absolute Gasteiger partial charge is 0.496 e. The summed E-state index contributed by atoms with van der Waals surface area (Å²) in [6.07, 6.45) is 3.83. The zero-order valence-corrected chi connectivity index (χ0v) is 21.8. The molecule has 3 N–H and O–H groups in total. The van der Waals surface area contributed by atoms with E-state index in [9.17, 15) is 9.59 Å². The van der Waals surface area contributed by atoms with Gasteiger partial charge in [-0.25, -0.2) is 4.79 Å². The Morgan fingerprint density at radius 3 is 2.39 bits per heavy atom. The van der Waals surface area contributed by atoms with E-state index in [0.717, 1.165) is 64.1 Å². The molecule has 2 heterocycles. The van der Waals surface area contributed by atoms with Crippen LogP contribution in [0.1, 0.15) is 36.0 Å². The van der Waals surface area contributed by atoms with Crippen LogP contribution in [0.3, 0.4) is 0 Å². The van der Waals surface area contributed by atoms with Crippen LogP contribution in [0.2, 0.25) is 5.02 Å². The second-order valence-electron chi connectivity index (χ2n) is 9.73. The molecule has 4 rings (SSSR count). The molecule has 194 valence electrons. The fourth-order valence-electron chi connectivity index (χ4n) is 5.08. The number of para-hydroxylation sites is 1. The summed E-state index contributed by atoms with van der Waals surface area (Å²) in [5.74, 6) is 0.819. The highest BCUT2D eigenvalue weighted by Gasteiger charge is 2.28. The molecular formula is C27H36ClN5O3. The van der Waals surface area contributed by atoms with E-state index in [4.69, 9.17) is 22.1 Å². The molecule has 2 aliphatic heterocycles. The molecule has 0 aliphatic carbocycles. The molecule has 8 nitrogen and oxygen atoms in total. The van der Waals surface area contributed by atoms with Crippen molar-refractivity contribution in [2.45, 2.75) is 31.7 Å². The van der Waals surface area contributed by atoms with E-state index in [1.807, 2.05) is 42.3 Å². The first-order valence-electron chi connectivity index (χ1n) is 12.6. The summed E-state index contributed by atoms with van der Waals surface area (Å²) < 4.78 is 5.32. The number of ether oxygens (including phenoxy) is 1.